The van der Waals surface area contributed by atoms with Gasteiger partial charge in [-0.2, -0.15) is 0 Å². The van der Waals surface area contributed by atoms with Crippen molar-refractivity contribution < 1.29 is 13.5 Å². The highest BCUT2D eigenvalue weighted by molar-refractivity contribution is 7.79. The zero-order chi connectivity index (χ0) is 16.8. The molecule has 1 unspecified atom stereocenters. The van der Waals surface area contributed by atoms with E-state index in [0.29, 0.717) is 23.7 Å². The monoisotopic (exact) mass is 339 g/mol. The Morgan fingerprint density at radius 2 is 1.83 bits per heavy atom. The Kier molecular flexibility index (Phi) is 5.20. The lowest BCUT2D eigenvalue weighted by Gasteiger charge is -2.15. The van der Waals surface area contributed by atoms with E-state index in [1.807, 2.05) is 36.4 Å². The Labute approximate surface area is 142 Å². The Morgan fingerprint density at radius 3 is 2.54 bits per heavy atom. The predicted octanol–water partition coefficient (Wildman–Crippen LogP) is 3.72. The number of aromatic nitrogens is 1. The third kappa shape index (κ3) is 4.18. The molecule has 0 aliphatic rings. The smallest absolute Gasteiger partial charge is 0.219 e. The predicted molar refractivity (Wildman–Crippen MR) is 91.7 cm³/mol. The van der Waals surface area contributed by atoms with E-state index in [4.69, 9.17) is 4.74 Å². The van der Waals surface area contributed by atoms with Gasteiger partial charge in [0.05, 0.1) is 0 Å². The molecule has 1 heterocycles. The van der Waals surface area contributed by atoms with E-state index in [2.05, 4.69) is 10.3 Å². The fraction of sp³-hybridized carbons (Fsp3) is 0.0556. The second-order valence-corrected chi connectivity index (χ2v) is 5.90. The third-order valence-electron chi connectivity index (χ3n) is 3.33. The molecule has 5 nitrogen and oxygen atoms in total. The van der Waals surface area contributed by atoms with Crippen LogP contribution in [-0.2, 0) is 17.6 Å². The fourth-order valence-electron chi connectivity index (χ4n) is 2.20. The lowest BCUT2D eigenvalue weighted by molar-refractivity contribution is 0.461. The average Bonchev–Trinajstić information content (AvgIpc) is 2.61. The normalized spacial score (nSPS) is 11.7. The summed E-state index contributed by atoms with van der Waals surface area (Å²) in [5.41, 5.74) is 1.54. The van der Waals surface area contributed by atoms with Crippen LogP contribution in [0.4, 0.5) is 5.69 Å². The molecule has 6 heteroatoms. The second-order valence-electron chi connectivity index (χ2n) is 4.99. The van der Waals surface area contributed by atoms with Gasteiger partial charge in [0, 0.05) is 29.4 Å². The van der Waals surface area contributed by atoms with E-state index in [1.54, 1.807) is 30.5 Å². The van der Waals surface area contributed by atoms with Gasteiger partial charge in [-0.15, -0.1) is 0 Å². The van der Waals surface area contributed by atoms with Crippen molar-refractivity contribution in [2.45, 2.75) is 11.4 Å². The second kappa shape index (κ2) is 7.72. The molecule has 0 aliphatic carbocycles. The molecule has 3 aromatic rings. The Balaban J connectivity index is 1.82. The van der Waals surface area contributed by atoms with Crippen LogP contribution in [0, 0.1) is 0 Å². The van der Waals surface area contributed by atoms with Gasteiger partial charge in [0.2, 0.25) is 5.88 Å². The summed E-state index contributed by atoms with van der Waals surface area (Å²) in [6, 6.07) is 19.8. The molecule has 0 amide bonds. The largest absolute Gasteiger partial charge is 0.768 e. The number of ether oxygens (including phenoxy) is 1. The molecular formula is C18H15N2O3S-. The van der Waals surface area contributed by atoms with Crippen LogP contribution in [0.5, 0.6) is 11.6 Å². The molecule has 0 aliphatic heterocycles. The topological polar surface area (TPSA) is 74.3 Å². The number of anilines is 1. The quantitative estimate of drug-likeness (QED) is 0.693. The van der Waals surface area contributed by atoms with Crippen molar-refractivity contribution in [2.75, 3.05) is 5.32 Å². The van der Waals surface area contributed by atoms with Crippen molar-refractivity contribution in [3.8, 4) is 11.6 Å². The van der Waals surface area contributed by atoms with Gasteiger partial charge in [-0.25, -0.2) is 4.98 Å². The first-order chi connectivity index (χ1) is 11.7. The van der Waals surface area contributed by atoms with Gasteiger partial charge in [0.15, 0.2) is 0 Å². The Morgan fingerprint density at radius 1 is 1.04 bits per heavy atom. The van der Waals surface area contributed by atoms with E-state index < -0.39 is 11.1 Å². The van der Waals surface area contributed by atoms with Crippen molar-refractivity contribution in [1.82, 2.24) is 4.98 Å². The highest BCUT2D eigenvalue weighted by Gasteiger charge is 2.07. The Bertz CT molecular complexity index is 826. The van der Waals surface area contributed by atoms with Crippen LogP contribution in [-0.4, -0.2) is 13.7 Å². The first kappa shape index (κ1) is 16.2. The highest BCUT2D eigenvalue weighted by Crippen LogP contribution is 2.25. The number of pyridine rings is 1. The maximum Gasteiger partial charge on any atom is 0.219 e. The first-order valence-electron chi connectivity index (χ1n) is 7.32. The molecule has 0 fully saturated rings. The summed E-state index contributed by atoms with van der Waals surface area (Å²) in [7, 11) is 0. The summed E-state index contributed by atoms with van der Waals surface area (Å²) in [5, 5.41) is 3.20. The van der Waals surface area contributed by atoms with E-state index in [0.717, 1.165) is 5.69 Å². The zero-order valence-electron chi connectivity index (χ0n) is 12.7. The molecule has 1 N–H and O–H groups in total. The van der Waals surface area contributed by atoms with E-state index in [1.165, 1.54) is 6.07 Å². The van der Waals surface area contributed by atoms with Crippen LogP contribution < -0.4 is 10.1 Å². The van der Waals surface area contributed by atoms with Gasteiger partial charge in [-0.1, -0.05) is 24.3 Å². The van der Waals surface area contributed by atoms with Crippen molar-refractivity contribution in [3.63, 3.8) is 0 Å². The van der Waals surface area contributed by atoms with Crippen LogP contribution in [0.3, 0.4) is 0 Å². The summed E-state index contributed by atoms with van der Waals surface area (Å²) in [6.45, 7) is 0.368. The van der Waals surface area contributed by atoms with Crippen molar-refractivity contribution in [1.29, 1.82) is 0 Å². The van der Waals surface area contributed by atoms with Gasteiger partial charge in [-0.05, 0) is 53.0 Å². The summed E-state index contributed by atoms with van der Waals surface area (Å²) >= 11 is -2.31. The van der Waals surface area contributed by atoms with Gasteiger partial charge in [0.1, 0.15) is 5.75 Å². The standard InChI is InChI=1S/C18H16N2O3S/c21-24(22)17-10-9-16(23-18-8-4-5-11-19-18)12-14(17)13-20-15-6-2-1-3-7-15/h1-12,20H,13H2,(H,21,22)/p-1. The minimum atomic E-state index is -2.31. The molecule has 0 saturated carbocycles. The minimum Gasteiger partial charge on any atom is -0.768 e. The maximum absolute atomic E-state index is 11.4. The lowest BCUT2D eigenvalue weighted by atomic mass is 10.2. The van der Waals surface area contributed by atoms with Gasteiger partial charge < -0.3 is 14.6 Å². The molecule has 0 radical (unpaired) electrons. The van der Waals surface area contributed by atoms with E-state index >= 15 is 0 Å². The van der Waals surface area contributed by atoms with Crippen LogP contribution in [0.25, 0.3) is 0 Å². The van der Waals surface area contributed by atoms with Gasteiger partial charge in [0.25, 0.3) is 0 Å². The lowest BCUT2D eigenvalue weighted by Crippen LogP contribution is -2.04. The molecule has 0 saturated heterocycles. The SMILES string of the molecule is O=S([O-])c1ccc(Oc2ccccn2)cc1CNc1ccccc1. The molecule has 1 atom stereocenters. The summed E-state index contributed by atoms with van der Waals surface area (Å²) < 4.78 is 28.5. The van der Waals surface area contributed by atoms with Crippen molar-refractivity contribution in [3.05, 3.63) is 78.5 Å². The first-order valence-corrected chi connectivity index (χ1v) is 8.40. The maximum atomic E-state index is 11.4. The minimum absolute atomic E-state index is 0.242. The van der Waals surface area contributed by atoms with Crippen molar-refractivity contribution in [2.24, 2.45) is 0 Å². The number of para-hydroxylation sites is 1. The number of nitrogens with zero attached hydrogens (tertiary/aromatic N) is 1. The molecule has 0 spiro atoms. The molecular weight excluding hydrogens is 324 g/mol. The molecule has 3 rings (SSSR count). The molecule has 122 valence electrons. The van der Waals surface area contributed by atoms with Crippen LogP contribution in [0.2, 0.25) is 0 Å². The third-order valence-corrected chi connectivity index (χ3v) is 4.09. The van der Waals surface area contributed by atoms with Crippen LogP contribution in [0.15, 0.2) is 77.8 Å². The molecule has 2 aromatic carbocycles. The average molecular weight is 339 g/mol. The number of benzene rings is 2. The van der Waals surface area contributed by atoms with E-state index in [-0.39, 0.29) is 4.90 Å². The van der Waals surface area contributed by atoms with E-state index in [9.17, 15) is 8.76 Å². The number of hydrogen-bond donors (Lipinski definition) is 1. The number of nitrogens with one attached hydrogen (secondary N) is 1. The molecule has 1 aromatic heterocycles. The highest BCUT2D eigenvalue weighted by atomic mass is 32.2. The van der Waals surface area contributed by atoms with Crippen molar-refractivity contribution >= 4 is 16.8 Å². The van der Waals surface area contributed by atoms with Crippen LogP contribution in [0.1, 0.15) is 5.56 Å². The molecule has 0 bridgehead atoms. The Hall–Kier alpha value is -2.70. The van der Waals surface area contributed by atoms with Crippen LogP contribution >= 0.6 is 0 Å². The summed E-state index contributed by atoms with van der Waals surface area (Å²) in [5.74, 6) is 0.989. The van der Waals surface area contributed by atoms with Gasteiger partial charge >= 0.3 is 0 Å². The molecule has 24 heavy (non-hydrogen) atoms. The number of rotatable bonds is 6. The summed E-state index contributed by atoms with van der Waals surface area (Å²) in [6.07, 6.45) is 1.63. The van der Waals surface area contributed by atoms with Gasteiger partial charge in [-0.3, -0.25) is 4.21 Å². The fourth-order valence-corrected chi connectivity index (χ4v) is 2.73. The summed E-state index contributed by atoms with van der Waals surface area (Å²) in [4.78, 5) is 4.34. The zero-order valence-corrected chi connectivity index (χ0v) is 13.5. The number of hydrogen-bond acceptors (Lipinski definition) is 5.